The van der Waals surface area contributed by atoms with Gasteiger partial charge in [-0.05, 0) is 30.5 Å². The molecule has 1 saturated carbocycles. The molecule has 2 rings (SSSR count). The Balaban J connectivity index is 2.01. The summed E-state index contributed by atoms with van der Waals surface area (Å²) in [5.74, 6) is 0. The molecule has 106 valence electrons. The summed E-state index contributed by atoms with van der Waals surface area (Å²) in [4.78, 5) is 0. The molecule has 19 heavy (non-hydrogen) atoms. The first-order valence-corrected chi connectivity index (χ1v) is 6.07. The van der Waals surface area contributed by atoms with Gasteiger partial charge in [0.15, 0.2) is 0 Å². The lowest BCUT2D eigenvalue weighted by molar-refractivity contribution is -0.137. The van der Waals surface area contributed by atoms with E-state index in [4.69, 9.17) is 5.11 Å². The Morgan fingerprint density at radius 1 is 1.32 bits per heavy atom. The van der Waals surface area contributed by atoms with Crippen LogP contribution >= 0.6 is 0 Å². The van der Waals surface area contributed by atoms with Crippen molar-refractivity contribution in [2.75, 3.05) is 13.2 Å². The van der Waals surface area contributed by atoms with Crippen LogP contribution in [0.15, 0.2) is 24.3 Å². The van der Waals surface area contributed by atoms with E-state index in [1.54, 1.807) is 0 Å². The van der Waals surface area contributed by atoms with Gasteiger partial charge in [-0.3, -0.25) is 0 Å². The summed E-state index contributed by atoms with van der Waals surface area (Å²) in [6.45, 7) is 0.101. The van der Waals surface area contributed by atoms with Crippen molar-refractivity contribution in [3.8, 4) is 0 Å². The van der Waals surface area contributed by atoms with E-state index in [1.165, 1.54) is 12.1 Å². The molecule has 0 radical (unpaired) electrons. The van der Waals surface area contributed by atoms with Gasteiger partial charge in [-0.2, -0.15) is 13.2 Å². The first-order valence-electron chi connectivity index (χ1n) is 6.07. The highest BCUT2D eigenvalue weighted by atomic mass is 19.4. The zero-order valence-electron chi connectivity index (χ0n) is 10.2. The molecule has 1 aliphatic carbocycles. The molecule has 0 spiro atoms. The first kappa shape index (κ1) is 14.3. The van der Waals surface area contributed by atoms with Crippen LogP contribution in [0.2, 0.25) is 0 Å². The lowest BCUT2D eigenvalue weighted by atomic mass is 10.1. The zero-order valence-corrected chi connectivity index (χ0v) is 10.2. The number of benzene rings is 1. The van der Waals surface area contributed by atoms with Crippen LogP contribution in [0.5, 0.6) is 0 Å². The third-order valence-electron chi connectivity index (χ3n) is 3.43. The predicted molar refractivity (Wildman–Crippen MR) is 63.5 cm³/mol. The number of hydrogen-bond donors (Lipinski definition) is 3. The quantitative estimate of drug-likeness (QED) is 0.768. The van der Waals surface area contributed by atoms with Gasteiger partial charge in [0.2, 0.25) is 0 Å². The minimum absolute atomic E-state index is 0.0255. The lowest BCUT2D eigenvalue weighted by Crippen LogP contribution is -2.37. The van der Waals surface area contributed by atoms with Gasteiger partial charge in [-0.1, -0.05) is 12.1 Å². The Bertz CT molecular complexity index is 444. The summed E-state index contributed by atoms with van der Waals surface area (Å²) in [5.41, 5.74) is -0.897. The molecule has 1 aromatic carbocycles. The summed E-state index contributed by atoms with van der Waals surface area (Å²) in [5, 5.41) is 22.0. The molecule has 1 fully saturated rings. The number of aliphatic hydroxyl groups excluding tert-OH is 2. The van der Waals surface area contributed by atoms with Crippen LogP contribution in [-0.2, 0) is 6.18 Å². The Morgan fingerprint density at radius 2 is 2.00 bits per heavy atom. The molecule has 1 aromatic rings. The molecule has 0 heterocycles. The van der Waals surface area contributed by atoms with E-state index >= 15 is 0 Å². The van der Waals surface area contributed by atoms with Gasteiger partial charge in [0.05, 0.1) is 18.3 Å². The van der Waals surface area contributed by atoms with Gasteiger partial charge >= 0.3 is 6.18 Å². The second-order valence-corrected chi connectivity index (χ2v) is 4.96. The van der Waals surface area contributed by atoms with Crippen LogP contribution in [0, 0.1) is 0 Å². The van der Waals surface area contributed by atoms with Gasteiger partial charge < -0.3 is 15.5 Å². The van der Waals surface area contributed by atoms with Crippen molar-refractivity contribution in [2.45, 2.75) is 30.7 Å². The minimum atomic E-state index is -4.41. The Hall–Kier alpha value is -1.11. The largest absolute Gasteiger partial charge is 0.416 e. The third-order valence-corrected chi connectivity index (χ3v) is 3.43. The fourth-order valence-electron chi connectivity index (χ4n) is 1.89. The maximum Gasteiger partial charge on any atom is 0.416 e. The average Bonchev–Trinajstić information content (AvgIpc) is 3.16. The minimum Gasteiger partial charge on any atom is -0.394 e. The second-order valence-electron chi connectivity index (χ2n) is 4.96. The number of hydrogen-bond acceptors (Lipinski definition) is 3. The fourth-order valence-corrected chi connectivity index (χ4v) is 1.89. The maximum absolute atomic E-state index is 12.5. The third kappa shape index (κ3) is 3.46. The number of alkyl halides is 3. The molecular weight excluding hydrogens is 259 g/mol. The maximum atomic E-state index is 12.5. The standard InChI is InChI=1S/C13H16F3NO2/c14-13(15,16)10-3-1-2-9(6-10)11(19)7-17-12(8-18)4-5-12/h1-3,6,11,17-19H,4-5,7-8H2. The fraction of sp³-hybridized carbons (Fsp3) is 0.538. The molecule has 0 bridgehead atoms. The summed E-state index contributed by atoms with van der Waals surface area (Å²) in [6.07, 6.45) is -3.80. The Kier molecular flexibility index (Phi) is 3.85. The number of β-amino-alcohol motifs (C(OH)–C–C–N with tert-alkyl or cyclic N) is 1. The van der Waals surface area contributed by atoms with E-state index in [-0.39, 0.29) is 24.3 Å². The number of aliphatic hydroxyl groups is 2. The van der Waals surface area contributed by atoms with Crippen LogP contribution in [0.25, 0.3) is 0 Å². The topological polar surface area (TPSA) is 52.5 Å². The zero-order chi connectivity index (χ0) is 14.1. The van der Waals surface area contributed by atoms with E-state index < -0.39 is 17.8 Å². The molecule has 0 saturated heterocycles. The lowest BCUT2D eigenvalue weighted by Gasteiger charge is -2.18. The van der Waals surface area contributed by atoms with E-state index in [0.717, 1.165) is 25.0 Å². The Morgan fingerprint density at radius 3 is 2.53 bits per heavy atom. The second kappa shape index (κ2) is 5.11. The average molecular weight is 275 g/mol. The smallest absolute Gasteiger partial charge is 0.394 e. The van der Waals surface area contributed by atoms with Crippen molar-refractivity contribution in [3.05, 3.63) is 35.4 Å². The molecule has 0 aliphatic heterocycles. The first-order chi connectivity index (χ1) is 8.86. The summed E-state index contributed by atoms with van der Waals surface area (Å²) in [7, 11) is 0. The molecule has 1 unspecified atom stereocenters. The van der Waals surface area contributed by atoms with E-state index in [2.05, 4.69) is 5.32 Å². The predicted octanol–water partition coefficient (Wildman–Crippen LogP) is 1.85. The molecule has 1 aliphatic rings. The van der Waals surface area contributed by atoms with Crippen LogP contribution < -0.4 is 5.32 Å². The molecule has 3 nitrogen and oxygen atoms in total. The van der Waals surface area contributed by atoms with Crippen LogP contribution in [0.4, 0.5) is 13.2 Å². The van der Waals surface area contributed by atoms with E-state index in [1.807, 2.05) is 0 Å². The van der Waals surface area contributed by atoms with Gasteiger partial charge in [0, 0.05) is 12.1 Å². The summed E-state index contributed by atoms with van der Waals surface area (Å²) in [6, 6.07) is 4.66. The highest BCUT2D eigenvalue weighted by Crippen LogP contribution is 2.35. The highest BCUT2D eigenvalue weighted by molar-refractivity contribution is 5.27. The normalized spacial score (nSPS) is 19.2. The van der Waals surface area contributed by atoms with Crippen LogP contribution in [0.1, 0.15) is 30.1 Å². The highest BCUT2D eigenvalue weighted by Gasteiger charge is 2.41. The Labute approximate surface area is 109 Å². The van der Waals surface area contributed by atoms with Crippen molar-refractivity contribution < 1.29 is 23.4 Å². The van der Waals surface area contributed by atoms with Crippen LogP contribution in [0.3, 0.4) is 0 Å². The van der Waals surface area contributed by atoms with Gasteiger partial charge in [-0.15, -0.1) is 0 Å². The van der Waals surface area contributed by atoms with E-state index in [9.17, 15) is 18.3 Å². The molecule has 1 atom stereocenters. The van der Waals surface area contributed by atoms with Gasteiger partial charge in [0.1, 0.15) is 0 Å². The van der Waals surface area contributed by atoms with E-state index in [0.29, 0.717) is 0 Å². The SMILES string of the molecule is OCC1(NCC(O)c2cccc(C(F)(F)F)c2)CC1. The number of halogens is 3. The van der Waals surface area contributed by atoms with Crippen molar-refractivity contribution in [1.29, 1.82) is 0 Å². The molecule has 3 N–H and O–H groups in total. The molecule has 6 heteroatoms. The van der Waals surface area contributed by atoms with Gasteiger partial charge in [-0.25, -0.2) is 0 Å². The molecule has 0 amide bonds. The molecular formula is C13H16F3NO2. The number of rotatable bonds is 5. The van der Waals surface area contributed by atoms with Crippen molar-refractivity contribution >= 4 is 0 Å². The molecule has 0 aromatic heterocycles. The van der Waals surface area contributed by atoms with Crippen LogP contribution in [-0.4, -0.2) is 28.9 Å². The van der Waals surface area contributed by atoms with Gasteiger partial charge in [0.25, 0.3) is 0 Å². The van der Waals surface area contributed by atoms with Crippen molar-refractivity contribution in [1.82, 2.24) is 5.32 Å². The monoisotopic (exact) mass is 275 g/mol. The summed E-state index contributed by atoms with van der Waals surface area (Å²) < 4.78 is 37.6. The number of nitrogens with one attached hydrogen (secondary N) is 1. The van der Waals surface area contributed by atoms with Crippen molar-refractivity contribution in [3.63, 3.8) is 0 Å². The van der Waals surface area contributed by atoms with Crippen molar-refractivity contribution in [2.24, 2.45) is 0 Å². The summed E-state index contributed by atoms with van der Waals surface area (Å²) >= 11 is 0.